The van der Waals surface area contributed by atoms with E-state index in [1.807, 2.05) is 6.07 Å². The second kappa shape index (κ2) is 4.80. The molecule has 0 atom stereocenters. The fourth-order valence-electron chi connectivity index (χ4n) is 2.53. The van der Waals surface area contributed by atoms with E-state index in [1.165, 1.54) is 4.90 Å². The van der Waals surface area contributed by atoms with Gasteiger partial charge in [0, 0.05) is 6.54 Å². The number of anilines is 2. The summed E-state index contributed by atoms with van der Waals surface area (Å²) < 4.78 is 40.0. The molecule has 0 saturated carbocycles. The van der Waals surface area contributed by atoms with Gasteiger partial charge in [-0.15, -0.1) is 0 Å². The summed E-state index contributed by atoms with van der Waals surface area (Å²) in [5.74, 6) is -5.20. The maximum Gasteiger partial charge on any atom is 0.261 e. The van der Waals surface area contributed by atoms with E-state index in [-0.39, 0.29) is 0 Å². The number of benzene rings is 2. The Morgan fingerprint density at radius 1 is 1.10 bits per heavy atom. The van der Waals surface area contributed by atoms with Crippen LogP contribution in [0.15, 0.2) is 30.3 Å². The molecule has 0 unspecified atom stereocenters. The average molecular weight is 292 g/mol. The van der Waals surface area contributed by atoms with E-state index in [0.29, 0.717) is 24.3 Å². The molecule has 1 aliphatic rings. The summed E-state index contributed by atoms with van der Waals surface area (Å²) >= 11 is 0. The van der Waals surface area contributed by atoms with Gasteiger partial charge in [0.1, 0.15) is 0 Å². The zero-order valence-electron chi connectivity index (χ0n) is 10.9. The van der Waals surface area contributed by atoms with Crippen molar-refractivity contribution in [3.8, 4) is 0 Å². The van der Waals surface area contributed by atoms with Gasteiger partial charge in [-0.05, 0) is 30.2 Å². The van der Waals surface area contributed by atoms with Gasteiger partial charge in [0.25, 0.3) is 5.91 Å². The van der Waals surface area contributed by atoms with Gasteiger partial charge in [-0.1, -0.05) is 12.1 Å². The second-order valence-corrected chi connectivity index (χ2v) is 4.78. The first-order valence-corrected chi connectivity index (χ1v) is 6.33. The van der Waals surface area contributed by atoms with E-state index in [4.69, 9.17) is 5.73 Å². The van der Waals surface area contributed by atoms with Crippen molar-refractivity contribution in [3.05, 3.63) is 58.9 Å². The molecule has 3 nitrogen and oxygen atoms in total. The molecule has 0 radical (unpaired) electrons. The summed E-state index contributed by atoms with van der Waals surface area (Å²) in [6.07, 6.45) is 0.581. The molecular formula is C15H11F3N2O. The van der Waals surface area contributed by atoms with Crippen LogP contribution < -0.4 is 10.6 Å². The lowest BCUT2D eigenvalue weighted by Gasteiger charge is -2.19. The lowest BCUT2D eigenvalue weighted by atomic mass is 10.1. The quantitative estimate of drug-likeness (QED) is 0.649. The minimum absolute atomic E-state index is 0.320. The molecule has 0 spiro atoms. The average Bonchev–Trinajstić information content (AvgIpc) is 2.90. The summed E-state index contributed by atoms with van der Waals surface area (Å²) in [6, 6.07) is 6.89. The molecule has 2 N–H and O–H groups in total. The minimum Gasteiger partial charge on any atom is -0.397 e. The van der Waals surface area contributed by atoms with Gasteiger partial charge in [-0.2, -0.15) is 0 Å². The highest BCUT2D eigenvalue weighted by Crippen LogP contribution is 2.35. The van der Waals surface area contributed by atoms with Crippen LogP contribution in [0.3, 0.4) is 0 Å². The fourth-order valence-corrected chi connectivity index (χ4v) is 2.53. The molecule has 1 aliphatic heterocycles. The number of nitrogens with zero attached hydrogens (tertiary/aromatic N) is 1. The molecule has 0 aliphatic carbocycles. The van der Waals surface area contributed by atoms with E-state index in [1.54, 1.807) is 12.1 Å². The Hall–Kier alpha value is -2.50. The highest BCUT2D eigenvalue weighted by atomic mass is 19.2. The van der Waals surface area contributed by atoms with Gasteiger partial charge in [-0.25, -0.2) is 13.2 Å². The molecule has 21 heavy (non-hydrogen) atoms. The molecule has 0 bridgehead atoms. The van der Waals surface area contributed by atoms with Crippen molar-refractivity contribution in [2.24, 2.45) is 0 Å². The minimum atomic E-state index is -1.65. The Balaban J connectivity index is 2.05. The second-order valence-electron chi connectivity index (χ2n) is 4.78. The molecule has 1 amide bonds. The van der Waals surface area contributed by atoms with Crippen molar-refractivity contribution < 1.29 is 18.0 Å². The predicted molar refractivity (Wildman–Crippen MR) is 72.6 cm³/mol. The Morgan fingerprint density at radius 2 is 1.86 bits per heavy atom. The van der Waals surface area contributed by atoms with Gasteiger partial charge >= 0.3 is 0 Å². The van der Waals surface area contributed by atoms with Crippen molar-refractivity contribution >= 4 is 17.3 Å². The molecule has 2 aromatic rings. The normalized spacial score (nSPS) is 13.4. The maximum atomic E-state index is 13.7. The topological polar surface area (TPSA) is 46.3 Å². The summed E-state index contributed by atoms with van der Waals surface area (Å²) in [7, 11) is 0. The molecular weight excluding hydrogens is 281 g/mol. The summed E-state index contributed by atoms with van der Waals surface area (Å²) in [5.41, 5.74) is 7.10. The molecule has 2 aromatic carbocycles. The van der Waals surface area contributed by atoms with E-state index in [0.717, 1.165) is 17.7 Å². The zero-order chi connectivity index (χ0) is 15.1. The number of nitrogen functional groups attached to an aromatic ring is 1. The largest absolute Gasteiger partial charge is 0.397 e. The molecule has 3 rings (SSSR count). The summed E-state index contributed by atoms with van der Waals surface area (Å²) in [4.78, 5) is 13.7. The van der Waals surface area contributed by atoms with Crippen LogP contribution in [0.2, 0.25) is 0 Å². The maximum absolute atomic E-state index is 13.7. The number of fused-ring (bicyclic) bond motifs is 1. The SMILES string of the molecule is Nc1cccc2c1N(C(=O)c1ccc(F)c(F)c1F)CC2. The van der Waals surface area contributed by atoms with Crippen molar-refractivity contribution in [2.75, 3.05) is 17.2 Å². The van der Waals surface area contributed by atoms with Crippen LogP contribution in [0.25, 0.3) is 0 Å². The molecule has 108 valence electrons. The predicted octanol–water partition coefficient (Wildman–Crippen LogP) is 2.89. The van der Waals surface area contributed by atoms with Gasteiger partial charge in [0.15, 0.2) is 17.5 Å². The van der Waals surface area contributed by atoms with Crippen LogP contribution in [0, 0.1) is 17.5 Å². The van der Waals surface area contributed by atoms with Crippen molar-refractivity contribution in [1.29, 1.82) is 0 Å². The Morgan fingerprint density at radius 3 is 2.62 bits per heavy atom. The van der Waals surface area contributed by atoms with Gasteiger partial charge in [-0.3, -0.25) is 4.79 Å². The van der Waals surface area contributed by atoms with Crippen LogP contribution in [0.1, 0.15) is 15.9 Å². The van der Waals surface area contributed by atoms with E-state index in [9.17, 15) is 18.0 Å². The molecule has 0 saturated heterocycles. The Bertz CT molecular complexity index is 746. The smallest absolute Gasteiger partial charge is 0.261 e. The number of hydrogen-bond acceptors (Lipinski definition) is 2. The number of amides is 1. The number of rotatable bonds is 1. The standard InChI is InChI=1S/C15H11F3N2O/c16-10-5-4-9(12(17)13(10)18)15(21)20-7-6-8-2-1-3-11(19)14(8)20/h1-5H,6-7,19H2. The summed E-state index contributed by atoms with van der Waals surface area (Å²) in [5, 5.41) is 0. The first-order chi connectivity index (χ1) is 10.0. The van der Waals surface area contributed by atoms with Crippen molar-refractivity contribution in [1.82, 2.24) is 0 Å². The first-order valence-electron chi connectivity index (χ1n) is 6.33. The third kappa shape index (κ3) is 2.03. The molecule has 0 fully saturated rings. The number of carbonyl (C=O) groups excluding carboxylic acids is 1. The summed E-state index contributed by atoms with van der Waals surface area (Å²) in [6.45, 7) is 0.320. The van der Waals surface area contributed by atoms with Crippen LogP contribution >= 0.6 is 0 Å². The third-order valence-corrected chi connectivity index (χ3v) is 3.54. The van der Waals surface area contributed by atoms with Gasteiger partial charge in [0.2, 0.25) is 0 Å². The van der Waals surface area contributed by atoms with E-state index >= 15 is 0 Å². The number of hydrogen-bond donors (Lipinski definition) is 1. The van der Waals surface area contributed by atoms with E-state index in [2.05, 4.69) is 0 Å². The molecule has 6 heteroatoms. The fraction of sp³-hybridized carbons (Fsp3) is 0.133. The van der Waals surface area contributed by atoms with Crippen LogP contribution in [-0.4, -0.2) is 12.5 Å². The Labute approximate surface area is 118 Å². The molecule has 0 aromatic heterocycles. The van der Waals surface area contributed by atoms with Crippen LogP contribution in [0.5, 0.6) is 0 Å². The number of nitrogens with two attached hydrogens (primary N) is 1. The monoisotopic (exact) mass is 292 g/mol. The van der Waals surface area contributed by atoms with Gasteiger partial charge < -0.3 is 10.6 Å². The lowest BCUT2D eigenvalue weighted by molar-refractivity contribution is 0.0984. The van der Waals surface area contributed by atoms with Crippen molar-refractivity contribution in [3.63, 3.8) is 0 Å². The van der Waals surface area contributed by atoms with Crippen molar-refractivity contribution in [2.45, 2.75) is 6.42 Å². The highest BCUT2D eigenvalue weighted by Gasteiger charge is 2.30. The van der Waals surface area contributed by atoms with Crippen LogP contribution in [-0.2, 0) is 6.42 Å². The highest BCUT2D eigenvalue weighted by molar-refractivity contribution is 6.09. The number of halogens is 3. The molecule has 1 heterocycles. The lowest BCUT2D eigenvalue weighted by Crippen LogP contribution is -2.30. The van der Waals surface area contributed by atoms with Crippen LogP contribution in [0.4, 0.5) is 24.5 Å². The first kappa shape index (κ1) is 13.5. The zero-order valence-corrected chi connectivity index (χ0v) is 10.9. The van der Waals surface area contributed by atoms with E-state index < -0.39 is 28.9 Å². The Kier molecular flexibility index (Phi) is 3.08. The number of carbonyl (C=O) groups is 1. The number of para-hydroxylation sites is 1. The van der Waals surface area contributed by atoms with Gasteiger partial charge in [0.05, 0.1) is 16.9 Å². The third-order valence-electron chi connectivity index (χ3n) is 3.54.